The first kappa shape index (κ1) is 14.5. The Balaban J connectivity index is 2.85. The van der Waals surface area contributed by atoms with E-state index in [0.29, 0.717) is 0 Å². The number of aryl methyl sites for hydroxylation is 1. The predicted octanol–water partition coefficient (Wildman–Crippen LogP) is 1.62. The van der Waals surface area contributed by atoms with Crippen LogP contribution in [-0.2, 0) is 0 Å². The van der Waals surface area contributed by atoms with Gasteiger partial charge in [-0.05, 0) is 23.9 Å². The van der Waals surface area contributed by atoms with Crippen LogP contribution in [-0.4, -0.2) is 42.7 Å². The fourth-order valence-corrected chi connectivity index (χ4v) is 2.90. The summed E-state index contributed by atoms with van der Waals surface area (Å²) < 4.78 is 25.0. The zero-order valence-corrected chi connectivity index (χ0v) is 10.6. The Bertz CT molecular complexity index is 333. The van der Waals surface area contributed by atoms with Gasteiger partial charge in [-0.2, -0.15) is 0 Å². The van der Waals surface area contributed by atoms with E-state index in [1.54, 1.807) is 4.90 Å². The summed E-state index contributed by atoms with van der Waals surface area (Å²) in [4.78, 5) is 2.55. The van der Waals surface area contributed by atoms with Crippen molar-refractivity contribution in [1.82, 2.24) is 4.90 Å². The van der Waals surface area contributed by atoms with E-state index in [-0.39, 0.29) is 32.3 Å². The number of aliphatic hydroxyl groups excluding tert-OH is 1. The SMILES string of the molecule is Cc1ccsc1C(CN)N(CCO)CC(F)F. The smallest absolute Gasteiger partial charge is 0.251 e. The number of rotatable bonds is 7. The average molecular weight is 264 g/mol. The van der Waals surface area contributed by atoms with Crippen LogP contribution >= 0.6 is 11.3 Å². The van der Waals surface area contributed by atoms with Crippen molar-refractivity contribution in [3.63, 3.8) is 0 Å². The number of hydrogen-bond donors (Lipinski definition) is 2. The fourth-order valence-electron chi connectivity index (χ4n) is 1.83. The topological polar surface area (TPSA) is 49.5 Å². The van der Waals surface area contributed by atoms with Crippen LogP contribution in [0.15, 0.2) is 11.4 Å². The summed E-state index contributed by atoms with van der Waals surface area (Å²) in [7, 11) is 0. The molecule has 0 radical (unpaired) electrons. The van der Waals surface area contributed by atoms with Gasteiger partial charge in [-0.1, -0.05) is 0 Å². The van der Waals surface area contributed by atoms with Crippen molar-refractivity contribution in [2.75, 3.05) is 26.2 Å². The second-order valence-corrected chi connectivity index (χ2v) is 4.78. The monoisotopic (exact) mass is 264 g/mol. The molecule has 1 rings (SSSR count). The van der Waals surface area contributed by atoms with Crippen LogP contribution in [0.1, 0.15) is 16.5 Å². The first-order chi connectivity index (χ1) is 8.10. The molecule has 0 aliphatic heterocycles. The Kier molecular flexibility index (Phi) is 5.97. The molecule has 6 heteroatoms. The van der Waals surface area contributed by atoms with Gasteiger partial charge in [0.15, 0.2) is 0 Å². The highest BCUT2D eigenvalue weighted by molar-refractivity contribution is 7.10. The van der Waals surface area contributed by atoms with Gasteiger partial charge in [0.05, 0.1) is 19.2 Å². The Morgan fingerprint density at radius 2 is 2.24 bits per heavy atom. The molecule has 1 unspecified atom stereocenters. The highest BCUT2D eigenvalue weighted by atomic mass is 32.1. The quantitative estimate of drug-likeness (QED) is 0.786. The molecule has 17 heavy (non-hydrogen) atoms. The molecule has 0 saturated heterocycles. The van der Waals surface area contributed by atoms with Crippen LogP contribution in [0.5, 0.6) is 0 Å². The molecule has 3 nitrogen and oxygen atoms in total. The van der Waals surface area contributed by atoms with E-state index in [4.69, 9.17) is 10.8 Å². The number of nitrogens with two attached hydrogens (primary N) is 1. The van der Waals surface area contributed by atoms with Crippen LogP contribution in [0.4, 0.5) is 8.78 Å². The molecular formula is C11H18F2N2OS. The molecule has 98 valence electrons. The standard InChI is InChI=1S/C11H18F2N2OS/c1-8-2-5-17-11(8)9(6-14)15(3-4-16)7-10(12)13/h2,5,9-10,16H,3-4,6-7,14H2,1H3. The van der Waals surface area contributed by atoms with E-state index in [1.807, 2.05) is 18.4 Å². The zero-order valence-electron chi connectivity index (χ0n) is 9.77. The lowest BCUT2D eigenvalue weighted by atomic mass is 10.1. The normalized spacial score (nSPS) is 13.6. The number of alkyl halides is 2. The van der Waals surface area contributed by atoms with Crippen LogP contribution in [0.3, 0.4) is 0 Å². The third kappa shape index (κ3) is 3.99. The highest BCUT2D eigenvalue weighted by Gasteiger charge is 2.23. The van der Waals surface area contributed by atoms with Gasteiger partial charge in [0.1, 0.15) is 0 Å². The molecule has 1 atom stereocenters. The summed E-state index contributed by atoms with van der Waals surface area (Å²) in [6.45, 7) is 1.92. The van der Waals surface area contributed by atoms with Gasteiger partial charge < -0.3 is 10.8 Å². The van der Waals surface area contributed by atoms with Gasteiger partial charge in [0.2, 0.25) is 0 Å². The van der Waals surface area contributed by atoms with Gasteiger partial charge in [0, 0.05) is 18.0 Å². The highest BCUT2D eigenvalue weighted by Crippen LogP contribution is 2.28. The molecule has 0 fully saturated rings. The minimum atomic E-state index is -2.42. The minimum Gasteiger partial charge on any atom is -0.395 e. The van der Waals surface area contributed by atoms with Crippen LogP contribution in [0.25, 0.3) is 0 Å². The number of thiophene rings is 1. The lowest BCUT2D eigenvalue weighted by molar-refractivity contribution is 0.0569. The van der Waals surface area contributed by atoms with E-state index < -0.39 is 6.43 Å². The molecule has 1 aromatic heterocycles. The maximum atomic E-state index is 12.5. The maximum Gasteiger partial charge on any atom is 0.251 e. The van der Waals surface area contributed by atoms with Crippen molar-refractivity contribution in [1.29, 1.82) is 0 Å². The van der Waals surface area contributed by atoms with Gasteiger partial charge in [0.25, 0.3) is 6.43 Å². The van der Waals surface area contributed by atoms with E-state index in [2.05, 4.69) is 0 Å². The lowest BCUT2D eigenvalue weighted by Crippen LogP contribution is -2.38. The summed E-state index contributed by atoms with van der Waals surface area (Å²) >= 11 is 1.52. The largest absolute Gasteiger partial charge is 0.395 e. The molecule has 0 aliphatic carbocycles. The first-order valence-electron chi connectivity index (χ1n) is 5.47. The summed E-state index contributed by atoms with van der Waals surface area (Å²) in [6, 6.07) is 1.71. The Labute approximate surface area is 104 Å². The molecule has 0 aliphatic rings. The Morgan fingerprint density at radius 3 is 2.65 bits per heavy atom. The van der Waals surface area contributed by atoms with Crippen LogP contribution < -0.4 is 5.73 Å². The first-order valence-corrected chi connectivity index (χ1v) is 6.35. The van der Waals surface area contributed by atoms with Crippen LogP contribution in [0.2, 0.25) is 0 Å². The van der Waals surface area contributed by atoms with Crippen molar-refractivity contribution < 1.29 is 13.9 Å². The molecule has 0 amide bonds. The van der Waals surface area contributed by atoms with Gasteiger partial charge in [-0.3, -0.25) is 4.90 Å². The number of nitrogens with zero attached hydrogens (tertiary/aromatic N) is 1. The third-order valence-electron chi connectivity index (χ3n) is 2.63. The predicted molar refractivity (Wildman–Crippen MR) is 65.5 cm³/mol. The van der Waals surface area contributed by atoms with Gasteiger partial charge >= 0.3 is 0 Å². The number of halogens is 2. The maximum absolute atomic E-state index is 12.5. The third-order valence-corrected chi connectivity index (χ3v) is 3.75. The minimum absolute atomic E-state index is 0.145. The summed E-state index contributed by atoms with van der Waals surface area (Å²) in [5.74, 6) is 0. The van der Waals surface area contributed by atoms with Crippen LogP contribution in [0, 0.1) is 6.92 Å². The molecular weight excluding hydrogens is 246 g/mol. The molecule has 0 bridgehead atoms. The summed E-state index contributed by atoms with van der Waals surface area (Å²) in [6.07, 6.45) is -2.42. The summed E-state index contributed by atoms with van der Waals surface area (Å²) in [5.41, 5.74) is 6.74. The summed E-state index contributed by atoms with van der Waals surface area (Å²) in [5, 5.41) is 10.9. The molecule has 1 heterocycles. The van der Waals surface area contributed by atoms with E-state index in [0.717, 1.165) is 10.4 Å². The zero-order chi connectivity index (χ0) is 12.8. The number of hydrogen-bond acceptors (Lipinski definition) is 4. The van der Waals surface area contributed by atoms with Crippen molar-refractivity contribution >= 4 is 11.3 Å². The second-order valence-electron chi connectivity index (χ2n) is 3.83. The molecule has 0 spiro atoms. The van der Waals surface area contributed by atoms with E-state index in [9.17, 15) is 8.78 Å². The molecule has 3 N–H and O–H groups in total. The molecule has 1 aromatic rings. The van der Waals surface area contributed by atoms with Gasteiger partial charge in [-0.25, -0.2) is 8.78 Å². The lowest BCUT2D eigenvalue weighted by Gasteiger charge is -2.29. The molecule has 0 aromatic carbocycles. The average Bonchev–Trinajstić information content (AvgIpc) is 2.66. The van der Waals surface area contributed by atoms with Gasteiger partial charge in [-0.15, -0.1) is 11.3 Å². The fraction of sp³-hybridized carbons (Fsp3) is 0.636. The van der Waals surface area contributed by atoms with E-state index in [1.165, 1.54) is 11.3 Å². The van der Waals surface area contributed by atoms with E-state index >= 15 is 0 Å². The van der Waals surface area contributed by atoms with Crippen molar-refractivity contribution in [2.24, 2.45) is 5.73 Å². The second kappa shape index (κ2) is 7.00. The van der Waals surface area contributed by atoms with Crippen molar-refractivity contribution in [3.8, 4) is 0 Å². The Morgan fingerprint density at radius 1 is 1.53 bits per heavy atom. The number of aliphatic hydroxyl groups is 1. The Hall–Kier alpha value is -0.560. The van der Waals surface area contributed by atoms with Crippen molar-refractivity contribution in [2.45, 2.75) is 19.4 Å². The van der Waals surface area contributed by atoms with Crippen molar-refractivity contribution in [3.05, 3.63) is 21.9 Å². The molecule has 0 saturated carbocycles.